The van der Waals surface area contributed by atoms with Crippen LogP contribution in [0.1, 0.15) is 12.5 Å². The van der Waals surface area contributed by atoms with E-state index in [0.29, 0.717) is 6.54 Å². The SMILES string of the molecule is COc1cccc(-c2cc(CCNC(C)=O)c3cc(OC)ccc3c2)c1. The average molecular weight is 349 g/mol. The number of hydrogen-bond acceptors (Lipinski definition) is 3. The van der Waals surface area contributed by atoms with Crippen LogP contribution in [0.5, 0.6) is 11.5 Å². The summed E-state index contributed by atoms with van der Waals surface area (Å²) >= 11 is 0. The number of carbonyl (C=O) groups is 1. The number of nitrogens with one attached hydrogen (secondary N) is 1. The standard InChI is InChI=1S/C22H23NO3/c1-15(24)23-10-9-18-12-19(16-5-4-6-20(13-16)25-2)11-17-7-8-21(26-3)14-22(17)18/h4-8,11-14H,9-10H2,1-3H3,(H,23,24). The highest BCUT2D eigenvalue weighted by Crippen LogP contribution is 2.32. The van der Waals surface area contributed by atoms with Crippen molar-refractivity contribution in [3.63, 3.8) is 0 Å². The fourth-order valence-corrected chi connectivity index (χ4v) is 3.09. The van der Waals surface area contributed by atoms with Crippen molar-refractivity contribution >= 4 is 16.7 Å². The first kappa shape index (κ1) is 17.8. The summed E-state index contributed by atoms with van der Waals surface area (Å²) in [7, 11) is 3.34. The largest absolute Gasteiger partial charge is 0.497 e. The number of rotatable bonds is 6. The molecule has 0 aliphatic rings. The van der Waals surface area contributed by atoms with Crippen LogP contribution in [0.4, 0.5) is 0 Å². The monoisotopic (exact) mass is 349 g/mol. The Labute approximate surface area is 153 Å². The summed E-state index contributed by atoms with van der Waals surface area (Å²) in [5, 5.41) is 5.16. The van der Waals surface area contributed by atoms with E-state index in [2.05, 4.69) is 29.6 Å². The quantitative estimate of drug-likeness (QED) is 0.725. The maximum atomic E-state index is 11.2. The molecule has 3 rings (SSSR count). The van der Waals surface area contributed by atoms with Gasteiger partial charge in [0.2, 0.25) is 5.91 Å². The lowest BCUT2D eigenvalue weighted by Crippen LogP contribution is -2.22. The number of ether oxygens (including phenoxy) is 2. The molecule has 0 aromatic heterocycles. The number of methoxy groups -OCH3 is 2. The summed E-state index contributed by atoms with van der Waals surface area (Å²) in [5.74, 6) is 1.64. The Kier molecular flexibility index (Phi) is 5.42. The molecule has 0 aliphatic heterocycles. The minimum absolute atomic E-state index is 0.0177. The Morgan fingerprint density at radius 1 is 0.923 bits per heavy atom. The van der Waals surface area contributed by atoms with Gasteiger partial charge in [0.25, 0.3) is 0 Å². The number of benzene rings is 3. The zero-order chi connectivity index (χ0) is 18.5. The molecule has 0 unspecified atom stereocenters. The molecule has 4 heteroatoms. The van der Waals surface area contributed by atoms with E-state index in [-0.39, 0.29) is 5.91 Å². The summed E-state index contributed by atoms with van der Waals surface area (Å²) in [5.41, 5.74) is 3.40. The van der Waals surface area contributed by atoms with E-state index >= 15 is 0 Å². The van der Waals surface area contributed by atoms with Crippen molar-refractivity contribution in [2.75, 3.05) is 20.8 Å². The van der Waals surface area contributed by atoms with Gasteiger partial charge in [-0.15, -0.1) is 0 Å². The lowest BCUT2D eigenvalue weighted by molar-refractivity contribution is -0.118. The first-order valence-corrected chi connectivity index (χ1v) is 8.60. The molecule has 1 N–H and O–H groups in total. The van der Waals surface area contributed by atoms with Gasteiger partial charge in [-0.05, 0) is 64.2 Å². The summed E-state index contributed by atoms with van der Waals surface area (Å²) in [4.78, 5) is 11.2. The Morgan fingerprint density at radius 2 is 1.69 bits per heavy atom. The van der Waals surface area contributed by atoms with Crippen LogP contribution in [0.25, 0.3) is 21.9 Å². The highest BCUT2D eigenvalue weighted by atomic mass is 16.5. The van der Waals surface area contributed by atoms with Crippen molar-refractivity contribution in [2.45, 2.75) is 13.3 Å². The van der Waals surface area contributed by atoms with Gasteiger partial charge in [-0.25, -0.2) is 0 Å². The molecule has 0 bridgehead atoms. The molecule has 134 valence electrons. The molecule has 0 saturated carbocycles. The van der Waals surface area contributed by atoms with E-state index in [1.165, 1.54) is 12.5 Å². The van der Waals surface area contributed by atoms with Gasteiger partial charge in [0.1, 0.15) is 11.5 Å². The highest BCUT2D eigenvalue weighted by Gasteiger charge is 2.09. The molecule has 0 aliphatic carbocycles. The van der Waals surface area contributed by atoms with E-state index in [0.717, 1.165) is 39.8 Å². The smallest absolute Gasteiger partial charge is 0.216 e. The lowest BCUT2D eigenvalue weighted by atomic mass is 9.95. The Balaban J connectivity index is 2.08. The minimum Gasteiger partial charge on any atom is -0.497 e. The van der Waals surface area contributed by atoms with Crippen LogP contribution in [0.15, 0.2) is 54.6 Å². The summed E-state index contributed by atoms with van der Waals surface area (Å²) in [6.07, 6.45) is 0.751. The molecular weight excluding hydrogens is 326 g/mol. The molecule has 3 aromatic rings. The second-order valence-electron chi connectivity index (χ2n) is 6.19. The van der Waals surface area contributed by atoms with Crippen LogP contribution in [0.2, 0.25) is 0 Å². The lowest BCUT2D eigenvalue weighted by Gasteiger charge is -2.13. The van der Waals surface area contributed by atoms with E-state index in [9.17, 15) is 4.79 Å². The molecule has 0 radical (unpaired) electrons. The van der Waals surface area contributed by atoms with E-state index in [4.69, 9.17) is 9.47 Å². The molecular formula is C22H23NO3. The van der Waals surface area contributed by atoms with Crippen LogP contribution in [-0.4, -0.2) is 26.7 Å². The first-order chi connectivity index (χ1) is 12.6. The Hall–Kier alpha value is -3.01. The normalized spacial score (nSPS) is 10.6. The van der Waals surface area contributed by atoms with Gasteiger partial charge in [-0.1, -0.05) is 24.3 Å². The summed E-state index contributed by atoms with van der Waals surface area (Å²) < 4.78 is 10.7. The zero-order valence-corrected chi connectivity index (χ0v) is 15.3. The van der Waals surface area contributed by atoms with Gasteiger partial charge in [-0.2, -0.15) is 0 Å². The van der Waals surface area contributed by atoms with Gasteiger partial charge >= 0.3 is 0 Å². The van der Waals surface area contributed by atoms with Crippen molar-refractivity contribution < 1.29 is 14.3 Å². The maximum Gasteiger partial charge on any atom is 0.216 e. The van der Waals surface area contributed by atoms with Crippen LogP contribution in [-0.2, 0) is 11.2 Å². The summed E-state index contributed by atoms with van der Waals surface area (Å²) in [6, 6.07) is 18.5. The molecule has 0 fully saturated rings. The highest BCUT2D eigenvalue weighted by molar-refractivity contribution is 5.91. The molecule has 0 saturated heterocycles. The predicted octanol–water partition coefficient (Wildman–Crippen LogP) is 4.20. The second-order valence-corrected chi connectivity index (χ2v) is 6.19. The van der Waals surface area contributed by atoms with Crippen molar-refractivity contribution in [3.8, 4) is 22.6 Å². The predicted molar refractivity (Wildman–Crippen MR) is 105 cm³/mol. The molecule has 0 atom stereocenters. The fourth-order valence-electron chi connectivity index (χ4n) is 3.09. The molecule has 4 nitrogen and oxygen atoms in total. The third-order valence-corrected chi connectivity index (χ3v) is 4.42. The van der Waals surface area contributed by atoms with E-state index in [1.54, 1.807) is 14.2 Å². The molecule has 0 heterocycles. The van der Waals surface area contributed by atoms with E-state index < -0.39 is 0 Å². The maximum absolute atomic E-state index is 11.2. The molecule has 26 heavy (non-hydrogen) atoms. The van der Waals surface area contributed by atoms with Crippen LogP contribution < -0.4 is 14.8 Å². The van der Waals surface area contributed by atoms with E-state index in [1.807, 2.05) is 30.3 Å². The Bertz CT molecular complexity index is 934. The van der Waals surface area contributed by atoms with Gasteiger partial charge in [0, 0.05) is 13.5 Å². The summed E-state index contributed by atoms with van der Waals surface area (Å²) in [6.45, 7) is 2.14. The van der Waals surface area contributed by atoms with Crippen LogP contribution in [0.3, 0.4) is 0 Å². The molecule has 1 amide bonds. The van der Waals surface area contributed by atoms with Gasteiger partial charge in [-0.3, -0.25) is 4.79 Å². The number of fused-ring (bicyclic) bond motifs is 1. The number of carbonyl (C=O) groups excluding carboxylic acids is 1. The third-order valence-electron chi connectivity index (χ3n) is 4.42. The fraction of sp³-hybridized carbons (Fsp3) is 0.227. The van der Waals surface area contributed by atoms with Crippen LogP contribution >= 0.6 is 0 Å². The average Bonchev–Trinajstić information content (AvgIpc) is 2.67. The molecule has 0 spiro atoms. The van der Waals surface area contributed by atoms with Crippen LogP contribution in [0, 0.1) is 0 Å². The van der Waals surface area contributed by atoms with Crippen molar-refractivity contribution in [1.82, 2.24) is 5.32 Å². The topological polar surface area (TPSA) is 47.6 Å². The van der Waals surface area contributed by atoms with Crippen molar-refractivity contribution in [1.29, 1.82) is 0 Å². The van der Waals surface area contributed by atoms with Crippen molar-refractivity contribution in [3.05, 3.63) is 60.2 Å². The Morgan fingerprint density at radius 3 is 2.42 bits per heavy atom. The third kappa shape index (κ3) is 3.97. The molecule has 3 aromatic carbocycles. The number of amides is 1. The van der Waals surface area contributed by atoms with Gasteiger partial charge in [0.05, 0.1) is 14.2 Å². The van der Waals surface area contributed by atoms with Gasteiger partial charge < -0.3 is 14.8 Å². The van der Waals surface area contributed by atoms with Crippen molar-refractivity contribution in [2.24, 2.45) is 0 Å². The minimum atomic E-state index is -0.0177. The first-order valence-electron chi connectivity index (χ1n) is 8.60. The number of hydrogen-bond donors (Lipinski definition) is 1. The van der Waals surface area contributed by atoms with Gasteiger partial charge in [0.15, 0.2) is 0 Å². The second kappa shape index (κ2) is 7.91. The zero-order valence-electron chi connectivity index (χ0n) is 15.3.